The van der Waals surface area contributed by atoms with E-state index in [1.165, 1.54) is 0 Å². The van der Waals surface area contributed by atoms with Crippen LogP contribution in [0.15, 0.2) is 36.4 Å². The van der Waals surface area contributed by atoms with Crippen molar-refractivity contribution in [3.63, 3.8) is 0 Å². The van der Waals surface area contributed by atoms with Crippen LogP contribution in [0, 0.1) is 0 Å². The zero-order valence-electron chi connectivity index (χ0n) is 13.1. The highest BCUT2D eigenvalue weighted by Crippen LogP contribution is 2.37. The van der Waals surface area contributed by atoms with Crippen molar-refractivity contribution in [1.82, 2.24) is 20.5 Å². The van der Waals surface area contributed by atoms with E-state index >= 15 is 0 Å². The molecule has 5 N–H and O–H groups in total. The summed E-state index contributed by atoms with van der Waals surface area (Å²) >= 11 is 12.8. The number of aromatic amines is 1. The summed E-state index contributed by atoms with van der Waals surface area (Å²) in [6, 6.07) is 10.4. The van der Waals surface area contributed by atoms with Crippen LogP contribution in [0.2, 0.25) is 10.0 Å². The molecule has 128 valence electrons. The predicted octanol–water partition coefficient (Wildman–Crippen LogP) is 3.46. The summed E-state index contributed by atoms with van der Waals surface area (Å²) in [7, 11) is 1.58. The molecular formula is C16H14Cl2N6O. The SMILES string of the molecule is CNC(=O)c1ccc(-c2c(Cl)cc(Nc3n[nH]c(N)n3)cc2Cl)cc1. The number of nitrogen functional groups attached to an aromatic ring is 1. The second-order valence-corrected chi connectivity index (χ2v) is 5.96. The Morgan fingerprint density at radius 2 is 1.80 bits per heavy atom. The first kappa shape index (κ1) is 17.1. The number of nitrogens with one attached hydrogen (secondary N) is 3. The van der Waals surface area contributed by atoms with Gasteiger partial charge in [-0.3, -0.25) is 4.79 Å². The molecule has 0 saturated heterocycles. The van der Waals surface area contributed by atoms with Crippen LogP contribution in [-0.4, -0.2) is 28.1 Å². The topological polar surface area (TPSA) is 109 Å². The maximum Gasteiger partial charge on any atom is 0.251 e. The fraction of sp³-hybridized carbons (Fsp3) is 0.0625. The van der Waals surface area contributed by atoms with E-state index in [1.807, 2.05) is 0 Å². The number of nitrogens with zero attached hydrogens (tertiary/aromatic N) is 2. The smallest absolute Gasteiger partial charge is 0.251 e. The van der Waals surface area contributed by atoms with Crippen LogP contribution in [0.25, 0.3) is 11.1 Å². The number of carbonyl (C=O) groups is 1. The largest absolute Gasteiger partial charge is 0.368 e. The molecule has 0 aliphatic heterocycles. The van der Waals surface area contributed by atoms with Gasteiger partial charge < -0.3 is 16.4 Å². The van der Waals surface area contributed by atoms with Crippen molar-refractivity contribution >= 4 is 46.7 Å². The Morgan fingerprint density at radius 3 is 2.32 bits per heavy atom. The van der Waals surface area contributed by atoms with Gasteiger partial charge in [-0.1, -0.05) is 35.3 Å². The molecule has 0 fully saturated rings. The number of anilines is 3. The molecule has 9 heteroatoms. The molecule has 0 saturated carbocycles. The Hall–Kier alpha value is -2.77. The number of amides is 1. The van der Waals surface area contributed by atoms with Gasteiger partial charge in [0.2, 0.25) is 11.9 Å². The van der Waals surface area contributed by atoms with Crippen molar-refractivity contribution in [3.05, 3.63) is 52.0 Å². The Kier molecular flexibility index (Phi) is 4.78. The lowest BCUT2D eigenvalue weighted by Gasteiger charge is -2.11. The number of nitrogens with two attached hydrogens (primary N) is 1. The molecule has 0 radical (unpaired) electrons. The van der Waals surface area contributed by atoms with Crippen LogP contribution in [0.3, 0.4) is 0 Å². The lowest BCUT2D eigenvalue weighted by Crippen LogP contribution is -2.17. The van der Waals surface area contributed by atoms with Crippen LogP contribution in [0.1, 0.15) is 10.4 Å². The molecule has 0 aliphatic rings. The summed E-state index contributed by atoms with van der Waals surface area (Å²) in [5, 5.41) is 12.9. The van der Waals surface area contributed by atoms with Crippen LogP contribution in [-0.2, 0) is 0 Å². The number of hydrogen-bond donors (Lipinski definition) is 4. The number of H-pyrrole nitrogens is 1. The van der Waals surface area contributed by atoms with Gasteiger partial charge in [-0.15, -0.1) is 5.10 Å². The number of benzene rings is 2. The van der Waals surface area contributed by atoms with E-state index in [9.17, 15) is 4.79 Å². The standard InChI is InChI=1S/C16H14Cl2N6O/c1-20-14(25)9-4-2-8(3-5-9)13-11(17)6-10(7-12(13)18)21-16-22-15(19)23-24-16/h2-7H,1H3,(H,20,25)(H4,19,21,22,23,24). The molecule has 1 amide bonds. The predicted molar refractivity (Wildman–Crippen MR) is 99.4 cm³/mol. The Balaban J connectivity index is 1.91. The first-order valence-corrected chi connectivity index (χ1v) is 8.00. The van der Waals surface area contributed by atoms with Gasteiger partial charge in [0.1, 0.15) is 0 Å². The maximum absolute atomic E-state index is 11.6. The fourth-order valence-corrected chi connectivity index (χ4v) is 3.02. The van der Waals surface area contributed by atoms with E-state index in [2.05, 4.69) is 25.8 Å². The molecular weight excluding hydrogens is 363 g/mol. The van der Waals surface area contributed by atoms with Gasteiger partial charge in [-0.25, -0.2) is 5.10 Å². The molecule has 0 bridgehead atoms. The summed E-state index contributed by atoms with van der Waals surface area (Å²) in [4.78, 5) is 15.6. The molecule has 1 aromatic heterocycles. The minimum absolute atomic E-state index is 0.158. The van der Waals surface area contributed by atoms with Gasteiger partial charge in [-0.05, 0) is 29.8 Å². The van der Waals surface area contributed by atoms with Gasteiger partial charge in [-0.2, -0.15) is 4.98 Å². The number of rotatable bonds is 4. The summed E-state index contributed by atoms with van der Waals surface area (Å²) in [6.07, 6.45) is 0. The normalized spacial score (nSPS) is 10.5. The van der Waals surface area contributed by atoms with Crippen molar-refractivity contribution < 1.29 is 4.79 Å². The maximum atomic E-state index is 11.6. The Labute approximate surface area is 153 Å². The van der Waals surface area contributed by atoms with Gasteiger partial charge in [0.15, 0.2) is 0 Å². The number of aromatic nitrogens is 3. The molecule has 2 aromatic carbocycles. The molecule has 0 unspecified atom stereocenters. The van der Waals surface area contributed by atoms with E-state index in [0.29, 0.717) is 32.8 Å². The van der Waals surface area contributed by atoms with Gasteiger partial charge in [0.25, 0.3) is 5.91 Å². The molecule has 0 spiro atoms. The Morgan fingerprint density at radius 1 is 1.16 bits per heavy atom. The number of hydrogen-bond acceptors (Lipinski definition) is 5. The molecule has 25 heavy (non-hydrogen) atoms. The fourth-order valence-electron chi connectivity index (χ4n) is 2.31. The van der Waals surface area contributed by atoms with Crippen LogP contribution >= 0.6 is 23.2 Å². The monoisotopic (exact) mass is 376 g/mol. The average molecular weight is 377 g/mol. The number of carbonyl (C=O) groups excluding carboxylic acids is 1. The zero-order valence-corrected chi connectivity index (χ0v) is 14.6. The van der Waals surface area contributed by atoms with Crippen molar-refractivity contribution in [1.29, 1.82) is 0 Å². The molecule has 0 atom stereocenters. The summed E-state index contributed by atoms with van der Waals surface area (Å²) in [6.45, 7) is 0. The highest BCUT2D eigenvalue weighted by molar-refractivity contribution is 6.39. The summed E-state index contributed by atoms with van der Waals surface area (Å²) < 4.78 is 0. The minimum atomic E-state index is -0.158. The second-order valence-electron chi connectivity index (χ2n) is 5.14. The summed E-state index contributed by atoms with van der Waals surface area (Å²) in [5.41, 5.74) is 8.14. The van der Waals surface area contributed by atoms with Crippen molar-refractivity contribution in [2.45, 2.75) is 0 Å². The third-order valence-corrected chi connectivity index (χ3v) is 4.06. The minimum Gasteiger partial charge on any atom is -0.368 e. The quantitative estimate of drug-likeness (QED) is 0.557. The molecule has 3 rings (SSSR count). The molecule has 1 heterocycles. The third-order valence-electron chi connectivity index (χ3n) is 3.46. The van der Waals surface area contributed by atoms with Gasteiger partial charge >= 0.3 is 0 Å². The first-order chi connectivity index (χ1) is 12.0. The zero-order chi connectivity index (χ0) is 18.0. The van der Waals surface area contributed by atoms with E-state index < -0.39 is 0 Å². The molecule has 3 aromatic rings. The molecule has 7 nitrogen and oxygen atoms in total. The van der Waals surface area contributed by atoms with Crippen molar-refractivity contribution in [3.8, 4) is 11.1 Å². The van der Waals surface area contributed by atoms with Crippen molar-refractivity contribution in [2.75, 3.05) is 18.1 Å². The van der Waals surface area contributed by atoms with E-state index in [1.54, 1.807) is 43.4 Å². The highest BCUT2D eigenvalue weighted by atomic mass is 35.5. The van der Waals surface area contributed by atoms with Crippen molar-refractivity contribution in [2.24, 2.45) is 0 Å². The second kappa shape index (κ2) is 7.00. The lowest BCUT2D eigenvalue weighted by molar-refractivity contribution is 0.0963. The first-order valence-electron chi connectivity index (χ1n) is 7.24. The van der Waals surface area contributed by atoms with Gasteiger partial charge in [0.05, 0.1) is 10.0 Å². The van der Waals surface area contributed by atoms with Crippen LogP contribution < -0.4 is 16.4 Å². The van der Waals surface area contributed by atoms with Crippen LogP contribution in [0.5, 0.6) is 0 Å². The third kappa shape index (κ3) is 3.67. The van der Waals surface area contributed by atoms with Gasteiger partial charge in [0, 0.05) is 23.9 Å². The lowest BCUT2D eigenvalue weighted by atomic mass is 10.0. The van der Waals surface area contributed by atoms with E-state index in [0.717, 1.165) is 5.56 Å². The number of halogens is 2. The van der Waals surface area contributed by atoms with E-state index in [4.69, 9.17) is 28.9 Å². The molecule has 0 aliphatic carbocycles. The Bertz CT molecular complexity index is 900. The van der Waals surface area contributed by atoms with E-state index in [-0.39, 0.29) is 11.9 Å². The average Bonchev–Trinajstić information content (AvgIpc) is 2.99. The highest BCUT2D eigenvalue weighted by Gasteiger charge is 2.13. The van der Waals surface area contributed by atoms with Crippen LogP contribution in [0.4, 0.5) is 17.6 Å². The summed E-state index contributed by atoms with van der Waals surface area (Å²) in [5.74, 6) is 0.355.